The third kappa shape index (κ3) is 2.51. The van der Waals surface area contributed by atoms with Gasteiger partial charge in [0.05, 0.1) is 6.10 Å². The highest BCUT2D eigenvalue weighted by atomic mass is 16.5. The van der Waals surface area contributed by atoms with Crippen LogP contribution in [-0.4, -0.2) is 19.3 Å². The van der Waals surface area contributed by atoms with Gasteiger partial charge in [-0.1, -0.05) is 38.1 Å². The van der Waals surface area contributed by atoms with Crippen molar-refractivity contribution < 1.29 is 4.74 Å². The molecule has 2 nitrogen and oxygen atoms in total. The van der Waals surface area contributed by atoms with E-state index in [1.54, 1.807) is 0 Å². The predicted molar refractivity (Wildman–Crippen MR) is 83.0 cm³/mol. The van der Waals surface area contributed by atoms with Gasteiger partial charge in [0, 0.05) is 19.2 Å². The van der Waals surface area contributed by atoms with Crippen LogP contribution in [0.3, 0.4) is 0 Å². The molecule has 3 unspecified atom stereocenters. The van der Waals surface area contributed by atoms with Crippen molar-refractivity contribution in [2.45, 2.75) is 69.6 Å². The lowest BCUT2D eigenvalue weighted by Gasteiger charge is -2.39. The minimum Gasteiger partial charge on any atom is -0.380 e. The van der Waals surface area contributed by atoms with E-state index in [9.17, 15) is 0 Å². The number of hydrogen-bond acceptors (Lipinski definition) is 2. The average Bonchev–Trinajstić information content (AvgIpc) is 2.90. The van der Waals surface area contributed by atoms with E-state index in [4.69, 9.17) is 4.74 Å². The predicted octanol–water partition coefficient (Wildman–Crippen LogP) is 3.96. The Labute approximate surface area is 122 Å². The van der Waals surface area contributed by atoms with Gasteiger partial charge in [0.15, 0.2) is 0 Å². The molecular formula is C18H27NO. The summed E-state index contributed by atoms with van der Waals surface area (Å²) in [6, 6.07) is 10.0. The molecule has 0 saturated heterocycles. The van der Waals surface area contributed by atoms with Gasteiger partial charge in [-0.25, -0.2) is 0 Å². The molecule has 2 aliphatic rings. The summed E-state index contributed by atoms with van der Waals surface area (Å²) >= 11 is 0. The summed E-state index contributed by atoms with van der Waals surface area (Å²) in [6.45, 7) is 4.74. The van der Waals surface area contributed by atoms with Crippen LogP contribution in [0.5, 0.6) is 0 Å². The molecule has 0 aliphatic heterocycles. The molecule has 1 aromatic rings. The second kappa shape index (κ2) is 5.50. The second-order valence-electron chi connectivity index (χ2n) is 7.04. The first-order valence-corrected chi connectivity index (χ1v) is 8.00. The molecule has 1 aromatic carbocycles. The normalized spacial score (nSPS) is 32.0. The van der Waals surface area contributed by atoms with Crippen LogP contribution in [0.15, 0.2) is 24.3 Å². The summed E-state index contributed by atoms with van der Waals surface area (Å²) in [6.07, 6.45) is 6.63. The fourth-order valence-electron chi connectivity index (χ4n) is 4.04. The van der Waals surface area contributed by atoms with Crippen LogP contribution < -0.4 is 5.32 Å². The Morgan fingerprint density at radius 1 is 1.15 bits per heavy atom. The molecule has 3 atom stereocenters. The summed E-state index contributed by atoms with van der Waals surface area (Å²) in [4.78, 5) is 0. The number of benzene rings is 1. The Kier molecular flexibility index (Phi) is 3.87. The van der Waals surface area contributed by atoms with Gasteiger partial charge >= 0.3 is 0 Å². The Bertz CT molecular complexity index is 468. The highest BCUT2D eigenvalue weighted by molar-refractivity contribution is 5.38. The quantitative estimate of drug-likeness (QED) is 0.900. The van der Waals surface area contributed by atoms with Crippen LogP contribution in [0, 0.1) is 0 Å². The average molecular weight is 273 g/mol. The van der Waals surface area contributed by atoms with Gasteiger partial charge in [0.1, 0.15) is 0 Å². The summed E-state index contributed by atoms with van der Waals surface area (Å²) in [7, 11) is 1.85. The standard InChI is InChI=1S/C18H27NO/c1-18(2)12-11-15(13-7-4-5-8-14(13)18)19-16-9-6-10-17(16)20-3/h4-5,7-8,15-17,19H,6,9-12H2,1-3H3. The first-order chi connectivity index (χ1) is 9.62. The third-order valence-corrected chi connectivity index (χ3v) is 5.29. The zero-order chi connectivity index (χ0) is 14.2. The van der Waals surface area contributed by atoms with Crippen molar-refractivity contribution in [2.75, 3.05) is 7.11 Å². The van der Waals surface area contributed by atoms with E-state index in [1.165, 1.54) is 43.2 Å². The van der Waals surface area contributed by atoms with Crippen LogP contribution >= 0.6 is 0 Å². The van der Waals surface area contributed by atoms with E-state index in [1.807, 2.05) is 7.11 Å². The van der Waals surface area contributed by atoms with Crippen molar-refractivity contribution >= 4 is 0 Å². The number of nitrogens with one attached hydrogen (secondary N) is 1. The summed E-state index contributed by atoms with van der Waals surface area (Å²) in [5.41, 5.74) is 3.34. The molecule has 0 radical (unpaired) electrons. The Morgan fingerprint density at radius 3 is 2.75 bits per heavy atom. The van der Waals surface area contributed by atoms with Crippen LogP contribution in [0.4, 0.5) is 0 Å². The Morgan fingerprint density at radius 2 is 1.95 bits per heavy atom. The summed E-state index contributed by atoms with van der Waals surface area (Å²) < 4.78 is 5.63. The van der Waals surface area contributed by atoms with E-state index in [0.29, 0.717) is 23.6 Å². The van der Waals surface area contributed by atoms with E-state index < -0.39 is 0 Å². The van der Waals surface area contributed by atoms with Crippen LogP contribution in [0.25, 0.3) is 0 Å². The van der Waals surface area contributed by atoms with Crippen LogP contribution in [0.1, 0.15) is 63.1 Å². The van der Waals surface area contributed by atoms with E-state index in [-0.39, 0.29) is 0 Å². The highest BCUT2D eigenvalue weighted by Crippen LogP contribution is 2.42. The van der Waals surface area contributed by atoms with Crippen molar-refractivity contribution in [3.05, 3.63) is 35.4 Å². The monoisotopic (exact) mass is 273 g/mol. The van der Waals surface area contributed by atoms with Gasteiger partial charge in [0.2, 0.25) is 0 Å². The fourth-order valence-corrected chi connectivity index (χ4v) is 4.04. The van der Waals surface area contributed by atoms with Gasteiger partial charge in [-0.05, 0) is 48.6 Å². The van der Waals surface area contributed by atoms with Gasteiger partial charge in [-0.15, -0.1) is 0 Å². The lowest BCUT2D eigenvalue weighted by atomic mass is 9.71. The van der Waals surface area contributed by atoms with Crippen molar-refractivity contribution in [1.29, 1.82) is 0 Å². The maximum Gasteiger partial charge on any atom is 0.0724 e. The molecule has 0 spiro atoms. The number of ether oxygens (including phenoxy) is 1. The molecule has 110 valence electrons. The third-order valence-electron chi connectivity index (χ3n) is 5.29. The molecule has 0 bridgehead atoms. The smallest absolute Gasteiger partial charge is 0.0724 e. The summed E-state index contributed by atoms with van der Waals surface area (Å²) in [5.74, 6) is 0. The molecule has 2 heteroatoms. The Hall–Kier alpha value is -0.860. The van der Waals surface area contributed by atoms with Crippen LogP contribution in [0.2, 0.25) is 0 Å². The maximum absolute atomic E-state index is 5.63. The van der Waals surface area contributed by atoms with E-state index >= 15 is 0 Å². The van der Waals surface area contributed by atoms with Gasteiger partial charge in [-0.2, -0.15) is 0 Å². The number of methoxy groups -OCH3 is 1. The number of rotatable bonds is 3. The fraction of sp³-hybridized carbons (Fsp3) is 0.667. The second-order valence-corrected chi connectivity index (χ2v) is 7.04. The highest BCUT2D eigenvalue weighted by Gasteiger charge is 2.35. The topological polar surface area (TPSA) is 21.3 Å². The number of fused-ring (bicyclic) bond motifs is 1. The SMILES string of the molecule is COC1CCCC1NC1CCC(C)(C)c2ccccc21. The molecule has 0 amide bonds. The molecule has 3 rings (SSSR count). The van der Waals surface area contributed by atoms with Crippen molar-refractivity contribution in [2.24, 2.45) is 0 Å². The van der Waals surface area contributed by atoms with Crippen LogP contribution in [-0.2, 0) is 10.2 Å². The van der Waals surface area contributed by atoms with Gasteiger partial charge in [-0.3, -0.25) is 0 Å². The number of hydrogen-bond donors (Lipinski definition) is 1. The first kappa shape index (κ1) is 14.1. The minimum absolute atomic E-state index is 0.311. The molecule has 1 saturated carbocycles. The van der Waals surface area contributed by atoms with Crippen molar-refractivity contribution in [3.63, 3.8) is 0 Å². The lowest BCUT2D eigenvalue weighted by Crippen LogP contribution is -2.42. The largest absolute Gasteiger partial charge is 0.380 e. The maximum atomic E-state index is 5.63. The van der Waals surface area contributed by atoms with Gasteiger partial charge in [0.25, 0.3) is 0 Å². The minimum atomic E-state index is 0.311. The van der Waals surface area contributed by atoms with E-state index in [0.717, 1.165) is 0 Å². The zero-order valence-electron chi connectivity index (χ0n) is 13.0. The molecule has 2 aliphatic carbocycles. The van der Waals surface area contributed by atoms with Crippen molar-refractivity contribution in [1.82, 2.24) is 5.32 Å². The molecular weight excluding hydrogens is 246 g/mol. The zero-order valence-corrected chi connectivity index (χ0v) is 13.0. The van der Waals surface area contributed by atoms with E-state index in [2.05, 4.69) is 43.4 Å². The Balaban J connectivity index is 1.82. The molecule has 0 heterocycles. The molecule has 20 heavy (non-hydrogen) atoms. The molecule has 0 aromatic heterocycles. The molecule has 1 N–H and O–H groups in total. The van der Waals surface area contributed by atoms with Crippen molar-refractivity contribution in [3.8, 4) is 0 Å². The molecule has 1 fully saturated rings. The first-order valence-electron chi connectivity index (χ1n) is 8.00. The lowest BCUT2D eigenvalue weighted by molar-refractivity contribution is 0.0796. The summed E-state index contributed by atoms with van der Waals surface area (Å²) in [5, 5.41) is 3.89. The van der Waals surface area contributed by atoms with Gasteiger partial charge < -0.3 is 10.1 Å².